The number of Topliss-reactive ketones (excluding diaryl/α,β-unsaturated/α-hetero) is 1. The smallest absolute Gasteiger partial charge is 0.293 e. The highest BCUT2D eigenvalue weighted by Gasteiger charge is 2.18. The fourth-order valence-electron chi connectivity index (χ4n) is 3.06. The van der Waals surface area contributed by atoms with Crippen molar-refractivity contribution in [3.63, 3.8) is 0 Å². The van der Waals surface area contributed by atoms with Gasteiger partial charge in [-0.25, -0.2) is 0 Å². The summed E-state index contributed by atoms with van der Waals surface area (Å²) in [4.78, 5) is 16.0. The van der Waals surface area contributed by atoms with E-state index in [1.807, 2.05) is 45.0 Å². The van der Waals surface area contributed by atoms with Crippen LogP contribution in [0.5, 0.6) is 0 Å². The maximum atomic E-state index is 11.5. The summed E-state index contributed by atoms with van der Waals surface area (Å²) >= 11 is 0. The molecule has 0 amide bonds. The summed E-state index contributed by atoms with van der Waals surface area (Å²) in [7, 11) is 0. The number of nitrogens with zero attached hydrogens (tertiary/aromatic N) is 2. The minimum Gasteiger partial charge on any atom is -0.451 e. The molecule has 2 aromatic heterocycles. The number of hydrogen-bond donors (Lipinski definition) is 0. The molecule has 4 aromatic rings. The Labute approximate surface area is 150 Å². The molecule has 0 unspecified atom stereocenters. The lowest BCUT2D eigenvalue weighted by Gasteiger charge is -2.02. The van der Waals surface area contributed by atoms with E-state index in [9.17, 15) is 4.79 Å². The summed E-state index contributed by atoms with van der Waals surface area (Å²) in [5, 5.41) is 5.13. The van der Waals surface area contributed by atoms with Crippen LogP contribution in [0, 0.1) is 20.8 Å². The Balaban J connectivity index is 1.76. The number of ketones is 1. The van der Waals surface area contributed by atoms with Gasteiger partial charge < -0.3 is 8.94 Å². The van der Waals surface area contributed by atoms with Gasteiger partial charge in [0.15, 0.2) is 11.5 Å². The second-order valence-corrected chi connectivity index (χ2v) is 6.56. The van der Waals surface area contributed by atoms with E-state index in [1.54, 1.807) is 13.0 Å². The van der Waals surface area contributed by atoms with Gasteiger partial charge in [-0.05, 0) is 56.5 Å². The van der Waals surface area contributed by atoms with Gasteiger partial charge in [0.2, 0.25) is 5.82 Å². The zero-order valence-electron chi connectivity index (χ0n) is 15.1. The second kappa shape index (κ2) is 5.95. The van der Waals surface area contributed by atoms with Crippen LogP contribution in [0.15, 0.2) is 45.3 Å². The lowest BCUT2D eigenvalue weighted by molar-refractivity contribution is 0.101. The normalized spacial score (nSPS) is 11.2. The van der Waals surface area contributed by atoms with Crippen LogP contribution < -0.4 is 0 Å². The first-order valence-corrected chi connectivity index (χ1v) is 8.40. The van der Waals surface area contributed by atoms with E-state index < -0.39 is 0 Å². The van der Waals surface area contributed by atoms with Crippen LogP contribution in [0.3, 0.4) is 0 Å². The molecule has 130 valence electrons. The van der Waals surface area contributed by atoms with E-state index in [-0.39, 0.29) is 5.78 Å². The van der Waals surface area contributed by atoms with E-state index in [0.717, 1.165) is 33.2 Å². The molecule has 0 N–H and O–H groups in total. The van der Waals surface area contributed by atoms with Gasteiger partial charge in [0.05, 0.1) is 0 Å². The largest absolute Gasteiger partial charge is 0.451 e. The van der Waals surface area contributed by atoms with Gasteiger partial charge in [0, 0.05) is 16.5 Å². The van der Waals surface area contributed by atoms with Crippen molar-refractivity contribution in [3.05, 3.63) is 58.7 Å². The van der Waals surface area contributed by atoms with Gasteiger partial charge in [-0.15, -0.1) is 0 Å². The minimum atomic E-state index is 0.0291. The quantitative estimate of drug-likeness (QED) is 0.472. The SMILES string of the molecule is CC(=O)c1ccc(-c2noc(-c3cc4c(C)ccc(C)c4o3)n2)c(C)c1. The number of benzene rings is 2. The number of carbonyl (C=O) groups is 1. The first kappa shape index (κ1) is 16.3. The van der Waals surface area contributed by atoms with Crippen LogP contribution in [0.25, 0.3) is 34.0 Å². The Morgan fingerprint density at radius 3 is 2.42 bits per heavy atom. The molecule has 5 nitrogen and oxygen atoms in total. The summed E-state index contributed by atoms with van der Waals surface area (Å²) in [5.41, 5.74) is 5.44. The molecule has 0 atom stereocenters. The molecule has 0 saturated carbocycles. The molecule has 4 rings (SSSR count). The third-order valence-electron chi connectivity index (χ3n) is 4.61. The van der Waals surface area contributed by atoms with Crippen molar-refractivity contribution >= 4 is 16.8 Å². The number of carbonyl (C=O) groups excluding carboxylic acids is 1. The maximum absolute atomic E-state index is 11.5. The summed E-state index contributed by atoms with van der Waals surface area (Å²) in [5.74, 6) is 1.39. The number of hydrogen-bond acceptors (Lipinski definition) is 5. The van der Waals surface area contributed by atoms with E-state index in [0.29, 0.717) is 23.0 Å². The lowest BCUT2D eigenvalue weighted by atomic mass is 10.0. The third-order valence-corrected chi connectivity index (χ3v) is 4.61. The standard InChI is InChI=1S/C21H18N2O3/c1-11-5-6-12(2)19-17(11)10-18(25-19)21-22-20(23-26-21)16-8-7-15(14(4)24)9-13(16)3/h5-10H,1-4H3. The Hall–Kier alpha value is -3.21. The van der Waals surface area contributed by atoms with Crippen molar-refractivity contribution in [1.29, 1.82) is 0 Å². The molecule has 26 heavy (non-hydrogen) atoms. The molecule has 5 heteroatoms. The molecule has 2 aromatic carbocycles. The molecular formula is C21H18N2O3. The molecule has 0 aliphatic heterocycles. The summed E-state index contributed by atoms with van der Waals surface area (Å²) < 4.78 is 11.4. The van der Waals surface area contributed by atoms with Gasteiger partial charge in [0.1, 0.15) is 5.58 Å². The number of aryl methyl sites for hydroxylation is 3. The molecule has 0 fully saturated rings. The molecular weight excluding hydrogens is 328 g/mol. The van der Waals surface area contributed by atoms with Crippen LogP contribution in [-0.2, 0) is 0 Å². The molecule has 0 aliphatic carbocycles. The Kier molecular flexibility index (Phi) is 3.72. The van der Waals surface area contributed by atoms with Crippen LogP contribution in [0.2, 0.25) is 0 Å². The molecule has 0 saturated heterocycles. The Morgan fingerprint density at radius 2 is 1.73 bits per heavy atom. The number of aromatic nitrogens is 2. The molecule has 0 aliphatic rings. The zero-order valence-corrected chi connectivity index (χ0v) is 15.1. The fraction of sp³-hybridized carbons (Fsp3) is 0.190. The topological polar surface area (TPSA) is 69.1 Å². The van der Waals surface area contributed by atoms with Crippen LogP contribution in [0.1, 0.15) is 34.0 Å². The monoisotopic (exact) mass is 346 g/mol. The van der Waals surface area contributed by atoms with Crippen LogP contribution in [0.4, 0.5) is 0 Å². The van der Waals surface area contributed by atoms with Gasteiger partial charge in [0.25, 0.3) is 5.89 Å². The zero-order chi connectivity index (χ0) is 18.4. The lowest BCUT2D eigenvalue weighted by Crippen LogP contribution is -1.94. The number of rotatable bonds is 3. The molecule has 0 radical (unpaired) electrons. The average molecular weight is 346 g/mol. The minimum absolute atomic E-state index is 0.0291. The van der Waals surface area contributed by atoms with Gasteiger partial charge in [-0.3, -0.25) is 4.79 Å². The second-order valence-electron chi connectivity index (χ2n) is 6.56. The third kappa shape index (κ3) is 2.62. The predicted octanol–water partition coefficient (Wildman–Crippen LogP) is 5.28. The van der Waals surface area contributed by atoms with E-state index >= 15 is 0 Å². The fourth-order valence-corrected chi connectivity index (χ4v) is 3.06. The van der Waals surface area contributed by atoms with Crippen molar-refractivity contribution in [1.82, 2.24) is 10.1 Å². The summed E-state index contributed by atoms with van der Waals surface area (Å²) in [6.45, 7) is 7.52. The van der Waals surface area contributed by atoms with Gasteiger partial charge >= 0.3 is 0 Å². The first-order valence-electron chi connectivity index (χ1n) is 8.40. The predicted molar refractivity (Wildman–Crippen MR) is 99.2 cm³/mol. The van der Waals surface area contributed by atoms with Crippen molar-refractivity contribution in [2.45, 2.75) is 27.7 Å². The maximum Gasteiger partial charge on any atom is 0.293 e. The van der Waals surface area contributed by atoms with Crippen molar-refractivity contribution < 1.29 is 13.7 Å². The summed E-state index contributed by atoms with van der Waals surface area (Å²) in [6.07, 6.45) is 0. The van der Waals surface area contributed by atoms with Crippen molar-refractivity contribution in [3.8, 4) is 23.0 Å². The van der Waals surface area contributed by atoms with E-state index in [2.05, 4.69) is 16.2 Å². The average Bonchev–Trinajstić information content (AvgIpc) is 3.25. The Bertz CT molecular complexity index is 1110. The van der Waals surface area contributed by atoms with Gasteiger partial charge in [-0.1, -0.05) is 29.4 Å². The van der Waals surface area contributed by atoms with Crippen molar-refractivity contribution in [2.75, 3.05) is 0 Å². The highest BCUT2D eigenvalue weighted by Crippen LogP contribution is 2.32. The number of furan rings is 1. The molecule has 0 spiro atoms. The van der Waals surface area contributed by atoms with Gasteiger partial charge in [-0.2, -0.15) is 4.98 Å². The van der Waals surface area contributed by atoms with Crippen LogP contribution in [-0.4, -0.2) is 15.9 Å². The summed E-state index contributed by atoms with van der Waals surface area (Å²) in [6, 6.07) is 11.5. The molecule has 2 heterocycles. The van der Waals surface area contributed by atoms with E-state index in [1.165, 1.54) is 0 Å². The van der Waals surface area contributed by atoms with E-state index in [4.69, 9.17) is 8.94 Å². The molecule has 0 bridgehead atoms. The highest BCUT2D eigenvalue weighted by atomic mass is 16.5. The highest BCUT2D eigenvalue weighted by molar-refractivity contribution is 5.94. The number of fused-ring (bicyclic) bond motifs is 1. The Morgan fingerprint density at radius 1 is 0.962 bits per heavy atom. The van der Waals surface area contributed by atoms with Crippen LogP contribution >= 0.6 is 0 Å². The first-order chi connectivity index (χ1) is 12.4. The van der Waals surface area contributed by atoms with Crippen molar-refractivity contribution in [2.24, 2.45) is 0 Å².